The van der Waals surface area contributed by atoms with Gasteiger partial charge in [0.25, 0.3) is 0 Å². The molecule has 0 unspecified atom stereocenters. The van der Waals surface area contributed by atoms with E-state index in [9.17, 15) is 0 Å². The van der Waals surface area contributed by atoms with Crippen LogP contribution in [-0.4, -0.2) is 25.8 Å². The van der Waals surface area contributed by atoms with Gasteiger partial charge in [0.15, 0.2) is 0 Å². The van der Waals surface area contributed by atoms with Gasteiger partial charge >= 0.3 is 0 Å². The van der Waals surface area contributed by atoms with Crippen LogP contribution in [0.25, 0.3) is 0 Å². The Morgan fingerprint density at radius 2 is 2.00 bits per heavy atom. The standard InChI is InChI=1S/C18H21NOS/c1-14-6-5-9-16(12-14)21-18(15-7-3-2-4-8-15)17-13-19-10-11-20-17/h2-9,12,17-19H,10-11,13H2,1H3/t17-,18-/m0/s1. The Kier molecular flexibility index (Phi) is 4.96. The molecular formula is C18H21NOS. The predicted molar refractivity (Wildman–Crippen MR) is 88.8 cm³/mol. The second-order valence-corrected chi connectivity index (χ2v) is 6.59. The molecule has 3 rings (SSSR count). The van der Waals surface area contributed by atoms with E-state index >= 15 is 0 Å². The molecular weight excluding hydrogens is 278 g/mol. The summed E-state index contributed by atoms with van der Waals surface area (Å²) in [6.45, 7) is 4.80. The Bertz CT molecular complexity index is 566. The highest BCUT2D eigenvalue weighted by atomic mass is 32.2. The van der Waals surface area contributed by atoms with E-state index in [1.807, 2.05) is 11.8 Å². The van der Waals surface area contributed by atoms with E-state index < -0.39 is 0 Å². The number of ether oxygens (including phenoxy) is 1. The first-order chi connectivity index (χ1) is 10.3. The third-order valence-corrected chi connectivity index (χ3v) is 5.03. The largest absolute Gasteiger partial charge is 0.374 e. The van der Waals surface area contributed by atoms with Crippen molar-refractivity contribution in [3.05, 3.63) is 65.7 Å². The lowest BCUT2D eigenvalue weighted by Gasteiger charge is -2.31. The molecule has 0 spiro atoms. The summed E-state index contributed by atoms with van der Waals surface area (Å²) in [5.74, 6) is 0. The van der Waals surface area contributed by atoms with Crippen molar-refractivity contribution in [2.45, 2.75) is 23.2 Å². The lowest BCUT2D eigenvalue weighted by Crippen LogP contribution is -2.41. The van der Waals surface area contributed by atoms with Crippen molar-refractivity contribution in [3.8, 4) is 0 Å². The van der Waals surface area contributed by atoms with E-state index in [2.05, 4.69) is 66.8 Å². The van der Waals surface area contributed by atoms with E-state index in [0.717, 1.165) is 19.7 Å². The lowest BCUT2D eigenvalue weighted by atomic mass is 10.1. The molecule has 110 valence electrons. The van der Waals surface area contributed by atoms with E-state index in [4.69, 9.17) is 4.74 Å². The molecule has 0 radical (unpaired) electrons. The van der Waals surface area contributed by atoms with Crippen molar-refractivity contribution in [1.29, 1.82) is 0 Å². The smallest absolute Gasteiger partial charge is 0.0862 e. The van der Waals surface area contributed by atoms with Gasteiger partial charge in [0.05, 0.1) is 18.0 Å². The van der Waals surface area contributed by atoms with Crippen molar-refractivity contribution in [1.82, 2.24) is 5.32 Å². The zero-order chi connectivity index (χ0) is 14.5. The van der Waals surface area contributed by atoms with Crippen LogP contribution >= 0.6 is 11.8 Å². The topological polar surface area (TPSA) is 21.3 Å². The van der Waals surface area contributed by atoms with Crippen LogP contribution in [-0.2, 0) is 4.74 Å². The maximum absolute atomic E-state index is 6.01. The number of hydrogen-bond acceptors (Lipinski definition) is 3. The molecule has 0 aliphatic carbocycles. The summed E-state index contributed by atoms with van der Waals surface area (Å²) < 4.78 is 6.01. The number of aryl methyl sites for hydroxylation is 1. The molecule has 1 N–H and O–H groups in total. The van der Waals surface area contributed by atoms with Crippen LogP contribution in [0, 0.1) is 6.92 Å². The SMILES string of the molecule is Cc1cccc(S[C@@H](c2ccccc2)[C@@H]2CNCCO2)c1. The van der Waals surface area contributed by atoms with E-state index in [0.29, 0.717) is 5.25 Å². The van der Waals surface area contributed by atoms with Gasteiger partial charge in [-0.3, -0.25) is 0 Å². The van der Waals surface area contributed by atoms with Crippen molar-refractivity contribution >= 4 is 11.8 Å². The Hall–Kier alpha value is -1.29. The summed E-state index contributed by atoms with van der Waals surface area (Å²) in [4.78, 5) is 1.30. The van der Waals surface area contributed by atoms with Crippen molar-refractivity contribution < 1.29 is 4.74 Å². The average Bonchev–Trinajstić information content (AvgIpc) is 2.54. The molecule has 0 saturated carbocycles. The Labute approximate surface area is 130 Å². The van der Waals surface area contributed by atoms with Gasteiger partial charge in [0, 0.05) is 18.0 Å². The van der Waals surface area contributed by atoms with Crippen LogP contribution in [0.3, 0.4) is 0 Å². The van der Waals surface area contributed by atoms with Gasteiger partial charge in [0.1, 0.15) is 0 Å². The molecule has 2 atom stereocenters. The molecule has 0 aromatic heterocycles. The first-order valence-corrected chi connectivity index (χ1v) is 8.31. The molecule has 3 heteroatoms. The molecule has 2 aromatic rings. The van der Waals surface area contributed by atoms with Crippen LogP contribution in [0.2, 0.25) is 0 Å². The Balaban J connectivity index is 1.85. The molecule has 1 saturated heterocycles. The molecule has 2 aromatic carbocycles. The molecule has 0 bridgehead atoms. The molecule has 21 heavy (non-hydrogen) atoms. The van der Waals surface area contributed by atoms with Gasteiger partial charge in [-0.05, 0) is 24.6 Å². The first kappa shape index (κ1) is 14.6. The Morgan fingerprint density at radius 3 is 2.71 bits per heavy atom. The first-order valence-electron chi connectivity index (χ1n) is 7.43. The summed E-state index contributed by atoms with van der Waals surface area (Å²) >= 11 is 1.90. The van der Waals surface area contributed by atoms with Crippen LogP contribution in [0.15, 0.2) is 59.5 Å². The third-order valence-electron chi connectivity index (χ3n) is 3.67. The van der Waals surface area contributed by atoms with Crippen molar-refractivity contribution in [2.24, 2.45) is 0 Å². The fraction of sp³-hybridized carbons (Fsp3) is 0.333. The van der Waals surface area contributed by atoms with Gasteiger partial charge in [-0.25, -0.2) is 0 Å². The minimum atomic E-state index is 0.215. The average molecular weight is 299 g/mol. The van der Waals surface area contributed by atoms with Crippen LogP contribution in [0.4, 0.5) is 0 Å². The minimum absolute atomic E-state index is 0.215. The zero-order valence-electron chi connectivity index (χ0n) is 12.3. The van der Waals surface area contributed by atoms with Gasteiger partial charge in [-0.2, -0.15) is 0 Å². The van der Waals surface area contributed by atoms with Crippen LogP contribution in [0.5, 0.6) is 0 Å². The minimum Gasteiger partial charge on any atom is -0.374 e. The molecule has 1 fully saturated rings. The zero-order valence-corrected chi connectivity index (χ0v) is 13.1. The summed E-state index contributed by atoms with van der Waals surface area (Å²) in [5.41, 5.74) is 2.63. The molecule has 1 aliphatic heterocycles. The summed E-state index contributed by atoms with van der Waals surface area (Å²) in [7, 11) is 0. The van der Waals surface area contributed by atoms with E-state index in [1.54, 1.807) is 0 Å². The molecule has 1 heterocycles. The Morgan fingerprint density at radius 1 is 1.14 bits per heavy atom. The molecule has 0 amide bonds. The molecule has 2 nitrogen and oxygen atoms in total. The maximum Gasteiger partial charge on any atom is 0.0862 e. The van der Waals surface area contributed by atoms with Gasteiger partial charge in [-0.1, -0.05) is 48.0 Å². The van der Waals surface area contributed by atoms with Crippen molar-refractivity contribution in [3.63, 3.8) is 0 Å². The number of benzene rings is 2. The van der Waals surface area contributed by atoms with Gasteiger partial charge < -0.3 is 10.1 Å². The third kappa shape index (κ3) is 3.88. The normalized spacial score (nSPS) is 20.1. The highest BCUT2D eigenvalue weighted by Gasteiger charge is 2.26. The summed E-state index contributed by atoms with van der Waals surface area (Å²) in [6, 6.07) is 19.4. The quantitative estimate of drug-likeness (QED) is 0.867. The highest BCUT2D eigenvalue weighted by molar-refractivity contribution is 7.99. The highest BCUT2D eigenvalue weighted by Crippen LogP contribution is 2.39. The number of morpholine rings is 1. The second-order valence-electron chi connectivity index (χ2n) is 5.38. The lowest BCUT2D eigenvalue weighted by molar-refractivity contribution is 0.0273. The van der Waals surface area contributed by atoms with Crippen LogP contribution < -0.4 is 5.32 Å². The number of nitrogens with one attached hydrogen (secondary N) is 1. The van der Waals surface area contributed by atoms with E-state index in [1.165, 1.54) is 16.0 Å². The predicted octanol–water partition coefficient (Wildman–Crippen LogP) is 3.82. The summed E-state index contributed by atoms with van der Waals surface area (Å²) in [5, 5.41) is 3.76. The van der Waals surface area contributed by atoms with E-state index in [-0.39, 0.29) is 6.10 Å². The fourth-order valence-electron chi connectivity index (χ4n) is 2.62. The molecule has 1 aliphatic rings. The fourth-order valence-corrected chi connectivity index (χ4v) is 3.94. The van der Waals surface area contributed by atoms with Crippen molar-refractivity contribution in [2.75, 3.05) is 19.7 Å². The monoisotopic (exact) mass is 299 g/mol. The second kappa shape index (κ2) is 7.12. The van der Waals surface area contributed by atoms with Gasteiger partial charge in [-0.15, -0.1) is 11.8 Å². The van der Waals surface area contributed by atoms with Crippen LogP contribution in [0.1, 0.15) is 16.4 Å². The number of thioether (sulfide) groups is 1. The van der Waals surface area contributed by atoms with Gasteiger partial charge in [0.2, 0.25) is 0 Å². The maximum atomic E-state index is 6.01. The summed E-state index contributed by atoms with van der Waals surface area (Å²) in [6.07, 6.45) is 0.215. The number of hydrogen-bond donors (Lipinski definition) is 1. The number of rotatable bonds is 4.